The molecule has 0 aliphatic carbocycles. The van der Waals surface area contributed by atoms with E-state index in [-0.39, 0.29) is 23.7 Å². The Morgan fingerprint density at radius 3 is 2.50 bits per heavy atom. The third-order valence-corrected chi connectivity index (χ3v) is 5.14. The van der Waals surface area contributed by atoms with Gasteiger partial charge in [-0.25, -0.2) is 4.79 Å². The van der Waals surface area contributed by atoms with Gasteiger partial charge in [0.15, 0.2) is 17.3 Å². The zero-order chi connectivity index (χ0) is 20.4. The SMILES string of the molecule is COC(=O)C1=C(N)Oc2c(OC)cc(Br)cc2C1CC(=O)c1ccc(Cl)cc1. The lowest BCUT2D eigenvalue weighted by atomic mass is 9.83. The lowest BCUT2D eigenvalue weighted by Crippen LogP contribution is -2.28. The number of ketones is 1. The van der Waals surface area contributed by atoms with Crippen LogP contribution in [0.3, 0.4) is 0 Å². The molecular weight excluding hydrogens is 450 g/mol. The van der Waals surface area contributed by atoms with Crippen LogP contribution in [0.25, 0.3) is 0 Å². The minimum absolute atomic E-state index is 0.0112. The summed E-state index contributed by atoms with van der Waals surface area (Å²) in [5.41, 5.74) is 7.19. The van der Waals surface area contributed by atoms with E-state index in [0.29, 0.717) is 32.1 Å². The van der Waals surface area contributed by atoms with E-state index in [4.69, 9.17) is 31.5 Å². The van der Waals surface area contributed by atoms with Crippen molar-refractivity contribution in [1.82, 2.24) is 0 Å². The van der Waals surface area contributed by atoms with Crippen LogP contribution in [0.5, 0.6) is 11.5 Å². The molecule has 0 saturated carbocycles. The van der Waals surface area contributed by atoms with Gasteiger partial charge in [-0.3, -0.25) is 4.79 Å². The van der Waals surface area contributed by atoms with E-state index >= 15 is 0 Å². The van der Waals surface area contributed by atoms with Gasteiger partial charge < -0.3 is 19.9 Å². The highest BCUT2D eigenvalue weighted by Crippen LogP contribution is 2.47. The summed E-state index contributed by atoms with van der Waals surface area (Å²) in [4.78, 5) is 25.3. The van der Waals surface area contributed by atoms with Crippen LogP contribution in [0.2, 0.25) is 5.02 Å². The number of nitrogens with two attached hydrogens (primary N) is 1. The Morgan fingerprint density at radius 1 is 1.21 bits per heavy atom. The van der Waals surface area contributed by atoms with E-state index in [1.807, 2.05) is 0 Å². The summed E-state index contributed by atoms with van der Waals surface area (Å²) in [5, 5.41) is 0.529. The molecule has 146 valence electrons. The number of ether oxygens (including phenoxy) is 3. The Hall–Kier alpha value is -2.51. The molecule has 8 heteroatoms. The zero-order valence-corrected chi connectivity index (χ0v) is 17.5. The van der Waals surface area contributed by atoms with Gasteiger partial charge in [0.25, 0.3) is 0 Å². The standard InChI is InChI=1S/C20H17BrClNO5/c1-26-16-8-11(21)7-14-13(9-15(24)10-3-5-12(22)6-4-10)17(20(25)27-2)19(23)28-18(14)16/h3-8,13H,9,23H2,1-2H3. The van der Waals surface area contributed by atoms with Crippen LogP contribution in [0.4, 0.5) is 0 Å². The number of hydrogen-bond donors (Lipinski definition) is 1. The molecule has 0 aromatic heterocycles. The highest BCUT2D eigenvalue weighted by molar-refractivity contribution is 9.10. The second kappa shape index (κ2) is 8.24. The number of carbonyl (C=O) groups excluding carboxylic acids is 2. The van der Waals surface area contributed by atoms with Crippen LogP contribution in [0.1, 0.15) is 28.3 Å². The van der Waals surface area contributed by atoms with Crippen LogP contribution >= 0.6 is 27.5 Å². The minimum atomic E-state index is -0.661. The fourth-order valence-corrected chi connectivity index (χ4v) is 3.69. The van der Waals surface area contributed by atoms with E-state index in [0.717, 1.165) is 0 Å². The molecule has 1 unspecified atom stereocenters. The van der Waals surface area contributed by atoms with Crippen molar-refractivity contribution in [3.63, 3.8) is 0 Å². The lowest BCUT2D eigenvalue weighted by Gasteiger charge is -2.28. The molecule has 1 heterocycles. The topological polar surface area (TPSA) is 87.8 Å². The Kier molecular flexibility index (Phi) is 5.96. The summed E-state index contributed by atoms with van der Waals surface area (Å²) in [6, 6.07) is 10.0. The Labute approximate surface area is 175 Å². The fourth-order valence-electron chi connectivity index (χ4n) is 3.10. The van der Waals surface area contributed by atoms with Crippen LogP contribution < -0.4 is 15.2 Å². The predicted octanol–water partition coefficient (Wildman–Crippen LogP) is 4.20. The maximum absolute atomic E-state index is 12.9. The summed E-state index contributed by atoms with van der Waals surface area (Å²) < 4.78 is 16.6. The molecule has 3 rings (SSSR count). The van der Waals surface area contributed by atoms with Crippen molar-refractivity contribution in [2.24, 2.45) is 5.73 Å². The summed E-state index contributed by atoms with van der Waals surface area (Å²) in [5.74, 6) is -0.816. The maximum Gasteiger partial charge on any atom is 0.339 e. The number of hydrogen-bond acceptors (Lipinski definition) is 6. The molecule has 1 aliphatic heterocycles. The molecule has 0 saturated heterocycles. The molecule has 2 aromatic rings. The van der Waals surface area contributed by atoms with Crippen LogP contribution in [0, 0.1) is 0 Å². The van der Waals surface area contributed by atoms with E-state index < -0.39 is 11.9 Å². The summed E-state index contributed by atoms with van der Waals surface area (Å²) in [6.45, 7) is 0. The molecule has 1 aliphatic rings. The molecule has 0 spiro atoms. The van der Waals surface area contributed by atoms with E-state index in [1.165, 1.54) is 14.2 Å². The van der Waals surface area contributed by atoms with Crippen LogP contribution in [-0.2, 0) is 9.53 Å². The van der Waals surface area contributed by atoms with Crippen molar-refractivity contribution in [3.05, 3.63) is 68.5 Å². The van der Waals surface area contributed by atoms with Gasteiger partial charge in [0, 0.05) is 33.0 Å². The summed E-state index contributed by atoms with van der Waals surface area (Å²) >= 11 is 9.32. The quantitative estimate of drug-likeness (QED) is 0.525. The van der Waals surface area contributed by atoms with E-state index in [2.05, 4.69) is 15.9 Å². The number of rotatable bonds is 5. The molecular formula is C20H17BrClNO5. The van der Waals surface area contributed by atoms with Gasteiger partial charge in [0.2, 0.25) is 5.88 Å². The van der Waals surface area contributed by atoms with Crippen molar-refractivity contribution >= 4 is 39.3 Å². The molecule has 0 bridgehead atoms. The monoisotopic (exact) mass is 465 g/mol. The van der Waals surface area contributed by atoms with Gasteiger partial charge in [-0.05, 0) is 36.4 Å². The van der Waals surface area contributed by atoms with Gasteiger partial charge in [-0.1, -0.05) is 27.5 Å². The second-order valence-electron chi connectivity index (χ2n) is 6.08. The van der Waals surface area contributed by atoms with Crippen LogP contribution in [-0.4, -0.2) is 26.0 Å². The maximum atomic E-state index is 12.9. The largest absolute Gasteiger partial charge is 0.493 e. The number of halogens is 2. The fraction of sp³-hybridized carbons (Fsp3) is 0.200. The average molecular weight is 467 g/mol. The Morgan fingerprint density at radius 2 is 1.89 bits per heavy atom. The lowest BCUT2D eigenvalue weighted by molar-refractivity contribution is -0.136. The van der Waals surface area contributed by atoms with Gasteiger partial charge >= 0.3 is 5.97 Å². The minimum Gasteiger partial charge on any atom is -0.493 e. The average Bonchev–Trinajstić information content (AvgIpc) is 2.68. The van der Waals surface area contributed by atoms with Gasteiger partial charge in [-0.2, -0.15) is 0 Å². The molecule has 0 radical (unpaired) electrons. The first-order chi connectivity index (χ1) is 13.3. The smallest absolute Gasteiger partial charge is 0.339 e. The van der Waals surface area contributed by atoms with Crippen molar-refractivity contribution in [2.75, 3.05) is 14.2 Å². The molecule has 0 amide bonds. The number of Topliss-reactive ketones (excluding diaryl/α,β-unsaturated/α-hetero) is 1. The van der Waals surface area contributed by atoms with Crippen molar-refractivity contribution in [3.8, 4) is 11.5 Å². The first-order valence-electron chi connectivity index (χ1n) is 8.27. The third-order valence-electron chi connectivity index (χ3n) is 4.43. The molecule has 2 aromatic carbocycles. The van der Waals surface area contributed by atoms with Crippen molar-refractivity contribution in [2.45, 2.75) is 12.3 Å². The highest BCUT2D eigenvalue weighted by Gasteiger charge is 2.37. The molecule has 0 fully saturated rings. The zero-order valence-electron chi connectivity index (χ0n) is 15.1. The molecule has 1 atom stereocenters. The number of benzene rings is 2. The Balaban J connectivity index is 2.09. The normalized spacial score (nSPS) is 15.5. The summed E-state index contributed by atoms with van der Waals surface area (Å²) in [6.07, 6.45) is -0.0112. The molecule has 28 heavy (non-hydrogen) atoms. The predicted molar refractivity (Wildman–Crippen MR) is 108 cm³/mol. The van der Waals surface area contributed by atoms with Crippen LogP contribution in [0.15, 0.2) is 52.3 Å². The number of carbonyl (C=O) groups is 2. The first-order valence-corrected chi connectivity index (χ1v) is 9.44. The van der Waals surface area contributed by atoms with Gasteiger partial charge in [0.05, 0.1) is 14.2 Å². The molecule has 6 nitrogen and oxygen atoms in total. The molecule has 2 N–H and O–H groups in total. The van der Waals surface area contributed by atoms with E-state index in [9.17, 15) is 9.59 Å². The first kappa shape index (κ1) is 20.2. The Bertz CT molecular complexity index is 971. The highest BCUT2D eigenvalue weighted by atomic mass is 79.9. The third kappa shape index (κ3) is 3.86. The van der Waals surface area contributed by atoms with Crippen molar-refractivity contribution in [1.29, 1.82) is 0 Å². The number of esters is 1. The number of fused-ring (bicyclic) bond motifs is 1. The van der Waals surface area contributed by atoms with Gasteiger partial charge in [0.1, 0.15) is 5.57 Å². The summed E-state index contributed by atoms with van der Waals surface area (Å²) in [7, 11) is 2.74. The number of methoxy groups -OCH3 is 2. The van der Waals surface area contributed by atoms with E-state index in [1.54, 1.807) is 36.4 Å². The second-order valence-corrected chi connectivity index (χ2v) is 7.44. The van der Waals surface area contributed by atoms with Crippen molar-refractivity contribution < 1.29 is 23.8 Å². The van der Waals surface area contributed by atoms with Gasteiger partial charge in [-0.15, -0.1) is 0 Å².